The molecule has 0 bridgehead atoms. The minimum Gasteiger partial charge on any atom is -0.351 e. The largest absolute Gasteiger partial charge is 0.351 e. The quantitative estimate of drug-likeness (QED) is 0.752. The van der Waals surface area contributed by atoms with Crippen molar-refractivity contribution in [2.75, 3.05) is 6.54 Å². The highest BCUT2D eigenvalue weighted by Gasteiger charge is 2.09. The molecule has 0 saturated carbocycles. The van der Waals surface area contributed by atoms with Gasteiger partial charge in [-0.05, 0) is 13.3 Å². The van der Waals surface area contributed by atoms with Gasteiger partial charge in [0.15, 0.2) is 0 Å². The van der Waals surface area contributed by atoms with E-state index in [1.54, 1.807) is 5.51 Å². The Morgan fingerprint density at radius 3 is 3.00 bits per heavy atom. The van der Waals surface area contributed by atoms with Crippen LogP contribution in [0.5, 0.6) is 0 Å². The maximum Gasteiger partial charge on any atom is 0.263 e. The van der Waals surface area contributed by atoms with Crippen molar-refractivity contribution in [3.63, 3.8) is 0 Å². The van der Waals surface area contributed by atoms with Crippen LogP contribution in [0.4, 0.5) is 0 Å². The molecule has 0 unspecified atom stereocenters. The van der Waals surface area contributed by atoms with Gasteiger partial charge < -0.3 is 5.32 Å². The third kappa shape index (κ3) is 2.81. The van der Waals surface area contributed by atoms with Crippen LogP contribution in [0.15, 0.2) is 5.51 Å². The molecule has 0 atom stereocenters. The standard InChI is InChI=1S/C9H14N2OS/c1-3-4-5-10-9(12)8-7(2)11-6-13-8/h6H,3-5H2,1-2H3,(H,10,12). The van der Waals surface area contributed by atoms with E-state index in [0.29, 0.717) is 0 Å². The minimum atomic E-state index is 0.00782. The first-order chi connectivity index (χ1) is 6.25. The Kier molecular flexibility index (Phi) is 3.89. The molecule has 0 aliphatic carbocycles. The van der Waals surface area contributed by atoms with Crippen LogP contribution in [0, 0.1) is 6.92 Å². The predicted octanol–water partition coefficient (Wildman–Crippen LogP) is 1.98. The predicted molar refractivity (Wildman–Crippen MR) is 54.1 cm³/mol. The van der Waals surface area contributed by atoms with Crippen LogP contribution in [-0.4, -0.2) is 17.4 Å². The van der Waals surface area contributed by atoms with Gasteiger partial charge in [0, 0.05) is 6.54 Å². The molecule has 0 radical (unpaired) electrons. The van der Waals surface area contributed by atoms with Gasteiger partial charge in [-0.3, -0.25) is 4.79 Å². The van der Waals surface area contributed by atoms with Gasteiger partial charge >= 0.3 is 0 Å². The SMILES string of the molecule is CCCCNC(=O)c1scnc1C. The molecule has 1 heterocycles. The first-order valence-corrected chi connectivity index (χ1v) is 5.32. The summed E-state index contributed by atoms with van der Waals surface area (Å²) in [6.45, 7) is 4.71. The molecule has 1 rings (SSSR count). The van der Waals surface area contributed by atoms with Crippen LogP contribution in [0.3, 0.4) is 0 Å². The van der Waals surface area contributed by atoms with E-state index in [1.807, 2.05) is 6.92 Å². The molecule has 0 spiro atoms. The number of aryl methyl sites for hydroxylation is 1. The van der Waals surface area contributed by atoms with E-state index in [9.17, 15) is 4.79 Å². The summed E-state index contributed by atoms with van der Waals surface area (Å²) >= 11 is 1.39. The van der Waals surface area contributed by atoms with Crippen LogP contribution in [0.1, 0.15) is 35.1 Å². The van der Waals surface area contributed by atoms with E-state index < -0.39 is 0 Å². The number of nitrogens with zero attached hydrogens (tertiary/aromatic N) is 1. The van der Waals surface area contributed by atoms with Crippen molar-refractivity contribution in [1.82, 2.24) is 10.3 Å². The lowest BCUT2D eigenvalue weighted by Crippen LogP contribution is -2.24. The Bertz CT molecular complexity index is 283. The second-order valence-electron chi connectivity index (χ2n) is 2.88. The van der Waals surface area contributed by atoms with Crippen molar-refractivity contribution in [2.45, 2.75) is 26.7 Å². The summed E-state index contributed by atoms with van der Waals surface area (Å²) in [6, 6.07) is 0. The van der Waals surface area contributed by atoms with Crippen molar-refractivity contribution >= 4 is 17.2 Å². The van der Waals surface area contributed by atoms with Crippen LogP contribution >= 0.6 is 11.3 Å². The maximum atomic E-state index is 11.5. The summed E-state index contributed by atoms with van der Waals surface area (Å²) in [5.41, 5.74) is 2.52. The summed E-state index contributed by atoms with van der Waals surface area (Å²) in [6.07, 6.45) is 2.13. The number of unbranched alkanes of at least 4 members (excludes halogenated alkanes) is 1. The number of thiazole rings is 1. The molecule has 1 amide bonds. The fourth-order valence-electron chi connectivity index (χ4n) is 0.979. The van der Waals surface area contributed by atoms with Gasteiger partial charge in [-0.15, -0.1) is 11.3 Å². The lowest BCUT2D eigenvalue weighted by atomic mass is 10.3. The highest BCUT2D eigenvalue weighted by Crippen LogP contribution is 2.11. The highest BCUT2D eigenvalue weighted by molar-refractivity contribution is 7.11. The van der Waals surface area contributed by atoms with Crippen LogP contribution in [0.25, 0.3) is 0 Å². The van der Waals surface area contributed by atoms with E-state index in [4.69, 9.17) is 0 Å². The molecule has 4 heteroatoms. The molecular formula is C9H14N2OS. The van der Waals surface area contributed by atoms with Crippen LogP contribution in [0.2, 0.25) is 0 Å². The van der Waals surface area contributed by atoms with E-state index in [0.717, 1.165) is 30.0 Å². The molecule has 1 aromatic rings. The first-order valence-electron chi connectivity index (χ1n) is 4.44. The highest BCUT2D eigenvalue weighted by atomic mass is 32.1. The number of hydrogen-bond acceptors (Lipinski definition) is 3. The van der Waals surface area contributed by atoms with Crippen LogP contribution in [-0.2, 0) is 0 Å². The van der Waals surface area contributed by atoms with Crippen molar-refractivity contribution in [1.29, 1.82) is 0 Å². The van der Waals surface area contributed by atoms with E-state index in [-0.39, 0.29) is 5.91 Å². The van der Waals surface area contributed by atoms with Crippen molar-refractivity contribution < 1.29 is 4.79 Å². The molecular weight excluding hydrogens is 184 g/mol. The Balaban J connectivity index is 2.45. The monoisotopic (exact) mass is 198 g/mol. The van der Waals surface area contributed by atoms with Crippen molar-refractivity contribution in [3.05, 3.63) is 16.1 Å². The van der Waals surface area contributed by atoms with Gasteiger partial charge in [-0.25, -0.2) is 4.98 Å². The average molecular weight is 198 g/mol. The van der Waals surface area contributed by atoms with E-state index in [1.165, 1.54) is 11.3 Å². The van der Waals surface area contributed by atoms with Crippen molar-refractivity contribution in [2.24, 2.45) is 0 Å². The van der Waals surface area contributed by atoms with Crippen LogP contribution < -0.4 is 5.32 Å². The molecule has 3 nitrogen and oxygen atoms in total. The van der Waals surface area contributed by atoms with Gasteiger partial charge in [-0.2, -0.15) is 0 Å². The second kappa shape index (κ2) is 4.97. The topological polar surface area (TPSA) is 42.0 Å². The number of carbonyl (C=O) groups is 1. The number of aromatic nitrogens is 1. The van der Waals surface area contributed by atoms with Gasteiger partial charge in [0.25, 0.3) is 5.91 Å². The Hall–Kier alpha value is -0.900. The number of hydrogen-bond donors (Lipinski definition) is 1. The summed E-state index contributed by atoms with van der Waals surface area (Å²) in [5.74, 6) is 0.00782. The average Bonchev–Trinajstić information content (AvgIpc) is 2.52. The van der Waals surface area contributed by atoms with Gasteiger partial charge in [-0.1, -0.05) is 13.3 Å². The Morgan fingerprint density at radius 1 is 1.69 bits per heavy atom. The third-order valence-electron chi connectivity index (χ3n) is 1.77. The Labute approximate surface area is 82.2 Å². The van der Waals surface area contributed by atoms with Gasteiger partial charge in [0.2, 0.25) is 0 Å². The summed E-state index contributed by atoms with van der Waals surface area (Å²) in [7, 11) is 0. The van der Waals surface area contributed by atoms with E-state index >= 15 is 0 Å². The van der Waals surface area contributed by atoms with Gasteiger partial charge in [0.05, 0.1) is 11.2 Å². The Morgan fingerprint density at radius 2 is 2.46 bits per heavy atom. The summed E-state index contributed by atoms with van der Waals surface area (Å²) < 4.78 is 0. The summed E-state index contributed by atoms with van der Waals surface area (Å²) in [4.78, 5) is 16.2. The number of nitrogens with one attached hydrogen (secondary N) is 1. The molecule has 0 aliphatic heterocycles. The zero-order valence-corrected chi connectivity index (χ0v) is 8.78. The molecule has 0 saturated heterocycles. The summed E-state index contributed by atoms with van der Waals surface area (Å²) in [5, 5.41) is 2.86. The fourth-order valence-corrected chi connectivity index (χ4v) is 1.70. The van der Waals surface area contributed by atoms with Crippen molar-refractivity contribution in [3.8, 4) is 0 Å². The normalized spacial score (nSPS) is 10.0. The lowest BCUT2D eigenvalue weighted by molar-refractivity contribution is 0.0956. The molecule has 1 N–H and O–H groups in total. The number of amides is 1. The molecule has 0 aliphatic rings. The fraction of sp³-hybridized carbons (Fsp3) is 0.556. The lowest BCUT2D eigenvalue weighted by Gasteiger charge is -2.01. The first kappa shape index (κ1) is 10.2. The smallest absolute Gasteiger partial charge is 0.263 e. The molecule has 72 valence electrons. The van der Waals surface area contributed by atoms with Gasteiger partial charge in [0.1, 0.15) is 4.88 Å². The molecule has 1 aromatic heterocycles. The van der Waals surface area contributed by atoms with E-state index in [2.05, 4.69) is 17.2 Å². The minimum absolute atomic E-state index is 0.00782. The number of carbonyl (C=O) groups excluding carboxylic acids is 1. The second-order valence-corrected chi connectivity index (χ2v) is 3.73. The molecule has 13 heavy (non-hydrogen) atoms. The number of rotatable bonds is 4. The zero-order valence-electron chi connectivity index (χ0n) is 7.96. The molecule has 0 fully saturated rings. The molecule has 0 aromatic carbocycles. The zero-order chi connectivity index (χ0) is 9.68. The maximum absolute atomic E-state index is 11.5. The third-order valence-corrected chi connectivity index (χ3v) is 2.69.